The van der Waals surface area contributed by atoms with Gasteiger partial charge < -0.3 is 5.32 Å². The van der Waals surface area contributed by atoms with Crippen LogP contribution in [0.5, 0.6) is 0 Å². The first-order chi connectivity index (χ1) is 9.24. The van der Waals surface area contributed by atoms with Crippen LogP contribution >= 0.6 is 11.3 Å². The van der Waals surface area contributed by atoms with Gasteiger partial charge in [-0.25, -0.2) is 0 Å². The van der Waals surface area contributed by atoms with E-state index in [0.717, 1.165) is 24.3 Å². The minimum Gasteiger partial charge on any atom is -0.356 e. The second kappa shape index (κ2) is 7.10. The molecule has 0 aliphatic carbocycles. The molecule has 0 fully saturated rings. The van der Waals surface area contributed by atoms with Crippen LogP contribution in [0.3, 0.4) is 0 Å². The molecule has 1 heterocycles. The lowest BCUT2D eigenvalue weighted by atomic mass is 10.1. The topological polar surface area (TPSA) is 29.1 Å². The highest BCUT2D eigenvalue weighted by Crippen LogP contribution is 2.09. The van der Waals surface area contributed by atoms with Crippen LogP contribution in [-0.2, 0) is 17.6 Å². The first-order valence-corrected chi connectivity index (χ1v) is 7.46. The first-order valence-electron chi connectivity index (χ1n) is 6.58. The fourth-order valence-corrected chi connectivity index (χ4v) is 2.61. The minimum atomic E-state index is 0.117. The van der Waals surface area contributed by atoms with Crippen LogP contribution in [-0.4, -0.2) is 12.5 Å². The van der Waals surface area contributed by atoms with Gasteiger partial charge in [-0.15, -0.1) is 11.3 Å². The van der Waals surface area contributed by atoms with Crippen molar-refractivity contribution in [3.63, 3.8) is 0 Å². The molecule has 2 nitrogen and oxygen atoms in total. The van der Waals surface area contributed by atoms with E-state index in [1.165, 1.54) is 11.1 Å². The molecule has 19 heavy (non-hydrogen) atoms. The average Bonchev–Trinajstić information content (AvgIpc) is 2.89. The van der Waals surface area contributed by atoms with Gasteiger partial charge >= 0.3 is 0 Å². The molecule has 2 aromatic rings. The summed E-state index contributed by atoms with van der Waals surface area (Å²) in [5, 5.41) is 4.97. The predicted molar refractivity (Wildman–Crippen MR) is 80.5 cm³/mol. The lowest BCUT2D eigenvalue weighted by Crippen LogP contribution is -2.26. The summed E-state index contributed by atoms with van der Waals surface area (Å²) in [6.45, 7) is 2.84. The van der Waals surface area contributed by atoms with Crippen LogP contribution in [0.1, 0.15) is 22.4 Å². The van der Waals surface area contributed by atoms with Crippen LogP contribution in [0.4, 0.5) is 0 Å². The van der Waals surface area contributed by atoms with E-state index in [9.17, 15) is 4.79 Å². The number of carbonyl (C=O) groups is 1. The first kappa shape index (κ1) is 13.8. The summed E-state index contributed by atoms with van der Waals surface area (Å²) in [6, 6.07) is 12.5. The Bertz CT molecular complexity index is 502. The molecule has 1 aromatic heterocycles. The quantitative estimate of drug-likeness (QED) is 0.804. The van der Waals surface area contributed by atoms with E-state index in [2.05, 4.69) is 36.5 Å². The van der Waals surface area contributed by atoms with Crippen molar-refractivity contribution in [1.29, 1.82) is 0 Å². The van der Waals surface area contributed by atoms with Crippen molar-refractivity contribution < 1.29 is 4.79 Å². The fourth-order valence-electron chi connectivity index (χ4n) is 1.91. The molecule has 1 aromatic carbocycles. The summed E-state index contributed by atoms with van der Waals surface area (Å²) < 4.78 is 0. The minimum absolute atomic E-state index is 0.117. The van der Waals surface area contributed by atoms with Gasteiger partial charge in [0.2, 0.25) is 5.91 Å². The third-order valence-electron chi connectivity index (χ3n) is 3.00. The molecule has 100 valence electrons. The fraction of sp³-hybridized carbons (Fsp3) is 0.312. The van der Waals surface area contributed by atoms with Gasteiger partial charge in [0, 0.05) is 11.4 Å². The maximum atomic E-state index is 11.7. The van der Waals surface area contributed by atoms with Gasteiger partial charge in [-0.2, -0.15) is 0 Å². The van der Waals surface area contributed by atoms with E-state index >= 15 is 0 Å². The van der Waals surface area contributed by atoms with Gasteiger partial charge in [0.25, 0.3) is 0 Å². The Hall–Kier alpha value is -1.61. The zero-order valence-electron chi connectivity index (χ0n) is 11.2. The summed E-state index contributed by atoms with van der Waals surface area (Å²) in [4.78, 5) is 12.8. The number of aryl methyl sites for hydroxylation is 2. The highest BCUT2D eigenvalue weighted by Gasteiger charge is 2.03. The summed E-state index contributed by atoms with van der Waals surface area (Å²) in [7, 11) is 0. The van der Waals surface area contributed by atoms with Crippen LogP contribution in [0.15, 0.2) is 41.8 Å². The SMILES string of the molecule is Cc1ccc(CCCNC(=O)Cc2cccs2)cc1. The van der Waals surface area contributed by atoms with E-state index < -0.39 is 0 Å². The Balaban J connectivity index is 1.64. The molecule has 0 unspecified atom stereocenters. The van der Waals surface area contributed by atoms with E-state index in [1.807, 2.05) is 17.5 Å². The van der Waals surface area contributed by atoms with Gasteiger partial charge in [0.15, 0.2) is 0 Å². The van der Waals surface area contributed by atoms with Crippen LogP contribution in [0.2, 0.25) is 0 Å². The summed E-state index contributed by atoms with van der Waals surface area (Å²) in [6.07, 6.45) is 2.50. The number of carbonyl (C=O) groups excluding carboxylic acids is 1. The van der Waals surface area contributed by atoms with Gasteiger partial charge in [-0.3, -0.25) is 4.79 Å². The highest BCUT2D eigenvalue weighted by atomic mass is 32.1. The molecule has 0 bridgehead atoms. The van der Waals surface area contributed by atoms with Gasteiger partial charge in [0.1, 0.15) is 0 Å². The Labute approximate surface area is 118 Å². The maximum Gasteiger partial charge on any atom is 0.225 e. The van der Waals surface area contributed by atoms with Crippen LogP contribution in [0, 0.1) is 6.92 Å². The Morgan fingerprint density at radius 2 is 2.00 bits per heavy atom. The highest BCUT2D eigenvalue weighted by molar-refractivity contribution is 7.10. The number of nitrogens with one attached hydrogen (secondary N) is 1. The predicted octanol–water partition coefficient (Wildman–Crippen LogP) is 3.35. The molecule has 0 atom stereocenters. The smallest absolute Gasteiger partial charge is 0.225 e. The normalized spacial score (nSPS) is 10.4. The summed E-state index contributed by atoms with van der Waals surface area (Å²) >= 11 is 1.63. The summed E-state index contributed by atoms with van der Waals surface area (Å²) in [5.74, 6) is 0.117. The van der Waals surface area contributed by atoms with Crippen molar-refractivity contribution in [2.75, 3.05) is 6.54 Å². The number of amides is 1. The van der Waals surface area contributed by atoms with E-state index in [1.54, 1.807) is 11.3 Å². The number of thiophene rings is 1. The Kier molecular flexibility index (Phi) is 5.16. The number of benzene rings is 1. The van der Waals surface area contributed by atoms with Crippen LogP contribution < -0.4 is 5.32 Å². The number of hydrogen-bond acceptors (Lipinski definition) is 2. The van der Waals surface area contributed by atoms with Gasteiger partial charge in [-0.1, -0.05) is 35.9 Å². The van der Waals surface area contributed by atoms with Crippen molar-refractivity contribution in [2.24, 2.45) is 0 Å². The van der Waals surface area contributed by atoms with E-state index in [0.29, 0.717) is 6.42 Å². The molecule has 0 aliphatic heterocycles. The largest absolute Gasteiger partial charge is 0.356 e. The van der Waals surface area contributed by atoms with Gasteiger partial charge in [0.05, 0.1) is 6.42 Å². The number of rotatable bonds is 6. The van der Waals surface area contributed by atoms with E-state index in [4.69, 9.17) is 0 Å². The molecule has 0 aliphatic rings. The summed E-state index contributed by atoms with van der Waals surface area (Å²) in [5.41, 5.74) is 2.62. The standard InChI is InChI=1S/C16H19NOS/c1-13-6-8-14(9-7-13)4-2-10-17-16(18)12-15-5-3-11-19-15/h3,5-9,11H,2,4,10,12H2,1H3,(H,17,18). The third kappa shape index (κ3) is 4.87. The van der Waals surface area contributed by atoms with E-state index in [-0.39, 0.29) is 5.91 Å². The Morgan fingerprint density at radius 1 is 1.21 bits per heavy atom. The monoisotopic (exact) mass is 273 g/mol. The van der Waals surface area contributed by atoms with Crippen molar-refractivity contribution >= 4 is 17.2 Å². The third-order valence-corrected chi connectivity index (χ3v) is 3.88. The van der Waals surface area contributed by atoms with Crippen molar-refractivity contribution in [3.05, 3.63) is 57.8 Å². The lowest BCUT2D eigenvalue weighted by Gasteiger charge is -2.05. The van der Waals surface area contributed by atoms with Crippen molar-refractivity contribution in [2.45, 2.75) is 26.2 Å². The van der Waals surface area contributed by atoms with Gasteiger partial charge in [-0.05, 0) is 36.8 Å². The molecule has 0 radical (unpaired) electrons. The maximum absolute atomic E-state index is 11.7. The molecule has 0 saturated heterocycles. The molecule has 1 N–H and O–H groups in total. The molecule has 3 heteroatoms. The molecular weight excluding hydrogens is 254 g/mol. The molecular formula is C16H19NOS. The second-order valence-corrected chi connectivity index (χ2v) is 5.73. The zero-order valence-corrected chi connectivity index (χ0v) is 12.0. The van der Waals surface area contributed by atoms with Crippen LogP contribution in [0.25, 0.3) is 0 Å². The molecule has 1 amide bonds. The molecule has 0 saturated carbocycles. The second-order valence-electron chi connectivity index (χ2n) is 4.70. The van der Waals surface area contributed by atoms with Crippen molar-refractivity contribution in [1.82, 2.24) is 5.32 Å². The lowest BCUT2D eigenvalue weighted by molar-refractivity contribution is -0.120. The average molecular weight is 273 g/mol. The Morgan fingerprint density at radius 3 is 2.68 bits per heavy atom. The molecule has 0 spiro atoms. The number of hydrogen-bond donors (Lipinski definition) is 1. The van der Waals surface area contributed by atoms with Crippen molar-refractivity contribution in [3.8, 4) is 0 Å². The molecule has 2 rings (SSSR count). The zero-order chi connectivity index (χ0) is 13.5.